The summed E-state index contributed by atoms with van der Waals surface area (Å²) in [7, 11) is 0. The van der Waals surface area contributed by atoms with Gasteiger partial charge in [0, 0.05) is 13.1 Å². The van der Waals surface area contributed by atoms with Crippen molar-refractivity contribution in [2.75, 3.05) is 19.6 Å². The Morgan fingerprint density at radius 1 is 0.870 bits per heavy atom. The Labute approximate surface area is 137 Å². The second kappa shape index (κ2) is 6.76. The van der Waals surface area contributed by atoms with E-state index < -0.39 is 29.4 Å². The van der Waals surface area contributed by atoms with Gasteiger partial charge in [-0.25, -0.2) is 9.59 Å². The van der Waals surface area contributed by atoms with E-state index in [0.29, 0.717) is 6.54 Å². The molecule has 1 unspecified atom stereocenters. The fourth-order valence-electron chi connectivity index (χ4n) is 2.16. The summed E-state index contributed by atoms with van der Waals surface area (Å²) in [5.74, 6) is -0.191. The lowest BCUT2D eigenvalue weighted by Crippen LogP contribution is -2.60. The molecule has 0 aromatic rings. The molecule has 2 amide bonds. The van der Waals surface area contributed by atoms with Crippen LogP contribution in [0.1, 0.15) is 48.5 Å². The second-order valence-corrected chi connectivity index (χ2v) is 7.73. The van der Waals surface area contributed by atoms with Gasteiger partial charge in [-0.15, -0.1) is 0 Å². The number of amides is 2. The van der Waals surface area contributed by atoms with Gasteiger partial charge in [0.1, 0.15) is 17.2 Å². The molecule has 1 saturated heterocycles. The number of carbonyl (C=O) groups is 3. The summed E-state index contributed by atoms with van der Waals surface area (Å²) in [6.07, 6.45) is -1.02. The average molecular weight is 328 g/mol. The Morgan fingerprint density at radius 3 is 1.78 bits per heavy atom. The molecule has 1 aliphatic heterocycles. The summed E-state index contributed by atoms with van der Waals surface area (Å²) in [6.45, 7) is 12.7. The number of rotatable bonds is 1. The highest BCUT2D eigenvalue weighted by atomic mass is 16.6. The lowest BCUT2D eigenvalue weighted by molar-refractivity contribution is -0.124. The molecule has 1 heterocycles. The van der Waals surface area contributed by atoms with Gasteiger partial charge in [0.05, 0.1) is 6.54 Å². The smallest absolute Gasteiger partial charge is 0.411 e. The molecular formula is C16H28N2O5. The molecule has 1 aliphatic rings. The highest BCUT2D eigenvalue weighted by molar-refractivity contribution is 5.86. The topological polar surface area (TPSA) is 76.2 Å². The van der Waals surface area contributed by atoms with Gasteiger partial charge in [0.15, 0.2) is 5.78 Å². The first-order valence-electron chi connectivity index (χ1n) is 7.78. The van der Waals surface area contributed by atoms with Gasteiger partial charge in [0.2, 0.25) is 0 Å². The summed E-state index contributed by atoms with van der Waals surface area (Å²) in [5, 5.41) is 0. The average Bonchev–Trinajstić information content (AvgIpc) is 2.33. The molecule has 1 rings (SSSR count). The minimum Gasteiger partial charge on any atom is -0.444 e. The summed E-state index contributed by atoms with van der Waals surface area (Å²) in [6, 6.07) is -0.717. The third-order valence-electron chi connectivity index (χ3n) is 3.13. The SMILES string of the molecule is CC(=O)C1CN(C(=O)OC(C)(C)C)CCN1C(=O)OC(C)(C)C. The maximum absolute atomic E-state index is 12.3. The van der Waals surface area contributed by atoms with Gasteiger partial charge in [0.25, 0.3) is 0 Å². The van der Waals surface area contributed by atoms with Gasteiger partial charge in [-0.05, 0) is 48.5 Å². The number of nitrogens with zero attached hydrogens (tertiary/aromatic N) is 2. The lowest BCUT2D eigenvalue weighted by Gasteiger charge is -2.40. The van der Waals surface area contributed by atoms with Gasteiger partial charge in [-0.3, -0.25) is 9.69 Å². The van der Waals surface area contributed by atoms with E-state index in [4.69, 9.17) is 9.47 Å². The number of carbonyl (C=O) groups excluding carboxylic acids is 3. The van der Waals surface area contributed by atoms with Gasteiger partial charge in [-0.1, -0.05) is 0 Å². The predicted molar refractivity (Wildman–Crippen MR) is 85.2 cm³/mol. The van der Waals surface area contributed by atoms with Crippen LogP contribution in [0.5, 0.6) is 0 Å². The number of piperazine rings is 1. The minimum atomic E-state index is -0.717. The van der Waals surface area contributed by atoms with Crippen LogP contribution < -0.4 is 0 Å². The van der Waals surface area contributed by atoms with E-state index in [1.165, 1.54) is 16.7 Å². The quantitative estimate of drug-likeness (QED) is 0.739. The van der Waals surface area contributed by atoms with E-state index in [1.54, 1.807) is 41.5 Å². The molecule has 0 aromatic heterocycles. The fraction of sp³-hybridized carbons (Fsp3) is 0.812. The fourth-order valence-corrected chi connectivity index (χ4v) is 2.16. The number of hydrogen-bond donors (Lipinski definition) is 0. The van der Waals surface area contributed by atoms with Crippen molar-refractivity contribution in [1.82, 2.24) is 9.80 Å². The van der Waals surface area contributed by atoms with Crippen LogP contribution in [0.4, 0.5) is 9.59 Å². The third-order valence-corrected chi connectivity index (χ3v) is 3.13. The highest BCUT2D eigenvalue weighted by Crippen LogP contribution is 2.18. The molecule has 1 atom stereocenters. The van der Waals surface area contributed by atoms with Crippen molar-refractivity contribution >= 4 is 18.0 Å². The number of Topliss-reactive ketones (excluding diaryl/α,β-unsaturated/α-hetero) is 1. The van der Waals surface area contributed by atoms with E-state index in [1.807, 2.05) is 0 Å². The summed E-state index contributed by atoms with van der Waals surface area (Å²) in [5.41, 5.74) is -1.24. The van der Waals surface area contributed by atoms with Crippen LogP contribution in [-0.2, 0) is 14.3 Å². The molecule has 7 heteroatoms. The number of hydrogen-bond acceptors (Lipinski definition) is 5. The number of ketones is 1. The Kier molecular flexibility index (Phi) is 5.66. The third kappa shape index (κ3) is 6.08. The van der Waals surface area contributed by atoms with Gasteiger partial charge in [-0.2, -0.15) is 0 Å². The molecule has 0 bridgehead atoms. The van der Waals surface area contributed by atoms with Crippen LogP contribution in [0.25, 0.3) is 0 Å². The summed E-state index contributed by atoms with van der Waals surface area (Å²) in [4.78, 5) is 39.1. The molecule has 0 saturated carbocycles. The Bertz CT molecular complexity index is 476. The Hall–Kier alpha value is -1.79. The standard InChI is InChI=1S/C16H28N2O5/c1-11(19)12-10-17(13(20)22-15(2,3)4)8-9-18(12)14(21)23-16(5,6)7/h12H,8-10H2,1-7H3. The van der Waals surface area contributed by atoms with Gasteiger partial charge < -0.3 is 14.4 Å². The zero-order valence-electron chi connectivity index (χ0n) is 15.1. The van der Waals surface area contributed by atoms with Crippen LogP contribution in [-0.4, -0.2) is 64.6 Å². The number of ether oxygens (including phenoxy) is 2. The molecule has 23 heavy (non-hydrogen) atoms. The molecule has 7 nitrogen and oxygen atoms in total. The normalized spacial score (nSPS) is 19.3. The van der Waals surface area contributed by atoms with Crippen LogP contribution >= 0.6 is 0 Å². The van der Waals surface area contributed by atoms with Crippen molar-refractivity contribution in [2.24, 2.45) is 0 Å². The zero-order valence-corrected chi connectivity index (χ0v) is 15.1. The first kappa shape index (κ1) is 19.3. The Morgan fingerprint density at radius 2 is 1.35 bits per heavy atom. The van der Waals surface area contributed by atoms with Crippen molar-refractivity contribution in [2.45, 2.75) is 65.7 Å². The predicted octanol–water partition coefficient (Wildman–Crippen LogP) is 2.43. The van der Waals surface area contributed by atoms with E-state index in [2.05, 4.69) is 0 Å². The monoisotopic (exact) mass is 328 g/mol. The van der Waals surface area contributed by atoms with E-state index in [-0.39, 0.29) is 18.9 Å². The molecule has 0 N–H and O–H groups in total. The van der Waals surface area contributed by atoms with Crippen molar-refractivity contribution < 1.29 is 23.9 Å². The molecule has 0 radical (unpaired) electrons. The maximum atomic E-state index is 12.3. The molecule has 0 aliphatic carbocycles. The maximum Gasteiger partial charge on any atom is 0.411 e. The lowest BCUT2D eigenvalue weighted by atomic mass is 10.1. The van der Waals surface area contributed by atoms with Crippen LogP contribution in [0, 0.1) is 0 Å². The molecular weight excluding hydrogens is 300 g/mol. The second-order valence-electron chi connectivity index (χ2n) is 7.73. The largest absolute Gasteiger partial charge is 0.444 e. The van der Waals surface area contributed by atoms with Crippen molar-refractivity contribution in [3.05, 3.63) is 0 Å². The van der Waals surface area contributed by atoms with Crippen LogP contribution in [0.3, 0.4) is 0 Å². The first-order valence-corrected chi connectivity index (χ1v) is 7.78. The highest BCUT2D eigenvalue weighted by Gasteiger charge is 2.38. The first-order chi connectivity index (χ1) is 10.3. The summed E-state index contributed by atoms with van der Waals surface area (Å²) >= 11 is 0. The van der Waals surface area contributed by atoms with E-state index >= 15 is 0 Å². The molecule has 0 aromatic carbocycles. The van der Waals surface area contributed by atoms with E-state index in [0.717, 1.165) is 0 Å². The molecule has 1 fully saturated rings. The van der Waals surface area contributed by atoms with E-state index in [9.17, 15) is 14.4 Å². The van der Waals surface area contributed by atoms with Crippen molar-refractivity contribution in [3.63, 3.8) is 0 Å². The minimum absolute atomic E-state index is 0.115. The molecule has 132 valence electrons. The Balaban J connectivity index is 2.80. The summed E-state index contributed by atoms with van der Waals surface area (Å²) < 4.78 is 10.7. The van der Waals surface area contributed by atoms with Crippen molar-refractivity contribution in [3.8, 4) is 0 Å². The van der Waals surface area contributed by atoms with Crippen LogP contribution in [0.2, 0.25) is 0 Å². The van der Waals surface area contributed by atoms with Gasteiger partial charge >= 0.3 is 12.2 Å². The van der Waals surface area contributed by atoms with Crippen LogP contribution in [0.15, 0.2) is 0 Å². The van der Waals surface area contributed by atoms with Crippen molar-refractivity contribution in [1.29, 1.82) is 0 Å². The molecule has 0 spiro atoms. The zero-order chi connectivity index (χ0) is 18.0.